The highest BCUT2D eigenvalue weighted by molar-refractivity contribution is 6.30. The number of nitrogens with zero attached hydrogens (tertiary/aromatic N) is 4. The van der Waals surface area contributed by atoms with Gasteiger partial charge >= 0.3 is 5.69 Å². The van der Waals surface area contributed by atoms with Crippen LogP contribution in [0.3, 0.4) is 0 Å². The molecule has 11 nitrogen and oxygen atoms in total. The fourth-order valence-corrected chi connectivity index (χ4v) is 3.46. The van der Waals surface area contributed by atoms with Crippen LogP contribution in [0.15, 0.2) is 63.2 Å². The van der Waals surface area contributed by atoms with Gasteiger partial charge in [0.25, 0.3) is 5.56 Å². The number of aryl methyl sites for hydroxylation is 1. The Labute approximate surface area is 204 Å². The van der Waals surface area contributed by atoms with Crippen LogP contribution in [0.1, 0.15) is 5.56 Å². The van der Waals surface area contributed by atoms with Crippen molar-refractivity contribution >= 4 is 34.9 Å². The molecule has 2 aromatic carbocycles. The van der Waals surface area contributed by atoms with E-state index in [1.807, 2.05) is 12.1 Å². The number of hydrazone groups is 1. The lowest BCUT2D eigenvalue weighted by Crippen LogP contribution is -2.30. The zero-order chi connectivity index (χ0) is 24.9. The molecule has 0 aliphatic rings. The standard InChI is InChI=1S/C23H23ClN6O5/c1-29-20-19(21(32)27-23(29)33)30(12-16(31)13-35-18-9-5-15(24)6-10-18)22(26-20)28-25-11-14-3-7-17(34-2)8-4-14/h3-11,16,31H,12-13H2,1-2H3,(H,26,28)(H,27,32,33)/b25-11+/t16-/m1/s1. The van der Waals surface area contributed by atoms with Crippen LogP contribution < -0.4 is 26.1 Å². The number of hydrogen-bond acceptors (Lipinski definition) is 8. The van der Waals surface area contributed by atoms with Gasteiger partial charge in [-0.15, -0.1) is 0 Å². The number of H-pyrrole nitrogens is 1. The lowest BCUT2D eigenvalue weighted by molar-refractivity contribution is 0.0938. The number of benzene rings is 2. The van der Waals surface area contributed by atoms with Crippen molar-refractivity contribution in [3.8, 4) is 11.5 Å². The van der Waals surface area contributed by atoms with E-state index in [9.17, 15) is 14.7 Å². The Morgan fingerprint density at radius 3 is 2.54 bits per heavy atom. The van der Waals surface area contributed by atoms with Gasteiger partial charge in [0, 0.05) is 12.1 Å². The molecular weight excluding hydrogens is 476 g/mol. The minimum atomic E-state index is -1.01. The van der Waals surface area contributed by atoms with E-state index in [0.29, 0.717) is 16.5 Å². The van der Waals surface area contributed by atoms with Gasteiger partial charge in [-0.3, -0.25) is 14.3 Å². The van der Waals surface area contributed by atoms with Crippen LogP contribution in [0.4, 0.5) is 5.95 Å². The molecule has 0 spiro atoms. The van der Waals surface area contributed by atoms with Gasteiger partial charge in [0.1, 0.15) is 24.2 Å². The van der Waals surface area contributed by atoms with E-state index in [1.54, 1.807) is 49.7 Å². The number of aliphatic hydroxyl groups is 1. The summed E-state index contributed by atoms with van der Waals surface area (Å²) in [5.41, 5.74) is 2.61. The average Bonchev–Trinajstić information content (AvgIpc) is 3.21. The summed E-state index contributed by atoms with van der Waals surface area (Å²) in [5, 5.41) is 15.4. The number of anilines is 1. The third kappa shape index (κ3) is 5.53. The van der Waals surface area contributed by atoms with Crippen LogP contribution in [-0.2, 0) is 13.6 Å². The van der Waals surface area contributed by atoms with Gasteiger partial charge < -0.3 is 19.1 Å². The predicted molar refractivity (Wildman–Crippen MR) is 133 cm³/mol. The van der Waals surface area contributed by atoms with Gasteiger partial charge in [-0.1, -0.05) is 11.6 Å². The highest BCUT2D eigenvalue weighted by Gasteiger charge is 2.20. The molecule has 0 amide bonds. The number of nitrogens with one attached hydrogen (secondary N) is 2. The highest BCUT2D eigenvalue weighted by atomic mass is 35.5. The quantitative estimate of drug-likeness (QED) is 0.237. The number of methoxy groups -OCH3 is 1. The van der Waals surface area contributed by atoms with E-state index in [1.165, 1.54) is 16.2 Å². The summed E-state index contributed by atoms with van der Waals surface area (Å²) in [5.74, 6) is 1.42. The van der Waals surface area contributed by atoms with Gasteiger partial charge in [0.2, 0.25) is 5.95 Å². The van der Waals surface area contributed by atoms with Crippen molar-refractivity contribution in [2.75, 3.05) is 19.1 Å². The molecule has 0 radical (unpaired) electrons. The van der Waals surface area contributed by atoms with E-state index in [0.717, 1.165) is 5.56 Å². The minimum absolute atomic E-state index is 0.0498. The van der Waals surface area contributed by atoms with E-state index >= 15 is 0 Å². The summed E-state index contributed by atoms with van der Waals surface area (Å²) in [6.07, 6.45) is 0.553. The zero-order valence-electron chi connectivity index (χ0n) is 18.9. The Kier molecular flexibility index (Phi) is 7.18. The molecule has 0 unspecified atom stereocenters. The Balaban J connectivity index is 1.59. The van der Waals surface area contributed by atoms with Crippen molar-refractivity contribution in [3.63, 3.8) is 0 Å². The summed E-state index contributed by atoms with van der Waals surface area (Å²) in [6.45, 7) is -0.106. The van der Waals surface area contributed by atoms with Crippen molar-refractivity contribution in [3.05, 3.63) is 80.0 Å². The molecule has 182 valence electrons. The maximum Gasteiger partial charge on any atom is 0.329 e. The first-order chi connectivity index (χ1) is 16.9. The largest absolute Gasteiger partial charge is 0.497 e. The van der Waals surface area contributed by atoms with Gasteiger partial charge in [0.15, 0.2) is 11.2 Å². The van der Waals surface area contributed by atoms with Gasteiger partial charge in [-0.05, 0) is 54.1 Å². The Morgan fingerprint density at radius 1 is 1.17 bits per heavy atom. The molecule has 4 rings (SSSR count). The lowest BCUT2D eigenvalue weighted by atomic mass is 10.2. The Morgan fingerprint density at radius 2 is 1.86 bits per heavy atom. The molecule has 1 atom stereocenters. The Hall–Kier alpha value is -4.09. The van der Waals surface area contributed by atoms with Crippen LogP contribution in [0.25, 0.3) is 11.2 Å². The summed E-state index contributed by atoms with van der Waals surface area (Å²) >= 11 is 5.88. The molecule has 0 bridgehead atoms. The number of aromatic nitrogens is 4. The molecule has 0 fully saturated rings. The van der Waals surface area contributed by atoms with Crippen molar-refractivity contribution < 1.29 is 14.6 Å². The van der Waals surface area contributed by atoms with Crippen LogP contribution in [0, 0.1) is 0 Å². The molecule has 0 saturated heterocycles. The fourth-order valence-electron chi connectivity index (χ4n) is 3.34. The normalized spacial score (nSPS) is 12.2. The molecule has 0 aliphatic carbocycles. The summed E-state index contributed by atoms with van der Waals surface area (Å²) in [7, 11) is 3.07. The number of aromatic amines is 1. The van der Waals surface area contributed by atoms with E-state index in [2.05, 4.69) is 20.5 Å². The maximum absolute atomic E-state index is 12.6. The van der Waals surface area contributed by atoms with Crippen LogP contribution >= 0.6 is 11.6 Å². The van der Waals surface area contributed by atoms with Crippen LogP contribution in [-0.4, -0.2) is 50.2 Å². The molecule has 35 heavy (non-hydrogen) atoms. The number of rotatable bonds is 9. The number of ether oxygens (including phenoxy) is 2. The van der Waals surface area contributed by atoms with Crippen LogP contribution in [0.5, 0.6) is 11.5 Å². The van der Waals surface area contributed by atoms with E-state index in [-0.39, 0.29) is 30.3 Å². The predicted octanol–water partition coefficient (Wildman–Crippen LogP) is 1.97. The second kappa shape index (κ2) is 10.5. The zero-order valence-corrected chi connectivity index (χ0v) is 19.7. The fraction of sp³-hybridized carbons (Fsp3) is 0.217. The van der Waals surface area contributed by atoms with Crippen LogP contribution in [0.2, 0.25) is 5.02 Å². The summed E-state index contributed by atoms with van der Waals surface area (Å²) < 4.78 is 13.4. The lowest BCUT2D eigenvalue weighted by Gasteiger charge is -2.15. The molecule has 0 saturated carbocycles. The maximum atomic E-state index is 12.6. The minimum Gasteiger partial charge on any atom is -0.497 e. The van der Waals surface area contributed by atoms with Crippen molar-refractivity contribution in [1.82, 2.24) is 19.1 Å². The molecule has 0 aliphatic heterocycles. The summed E-state index contributed by atoms with van der Waals surface area (Å²) in [6, 6.07) is 13.9. The molecule has 2 aromatic heterocycles. The van der Waals surface area contributed by atoms with Crippen molar-refractivity contribution in [2.24, 2.45) is 12.1 Å². The third-order valence-corrected chi connectivity index (χ3v) is 5.40. The smallest absolute Gasteiger partial charge is 0.329 e. The number of hydrogen-bond donors (Lipinski definition) is 3. The highest BCUT2D eigenvalue weighted by Crippen LogP contribution is 2.18. The molecule has 3 N–H and O–H groups in total. The number of halogens is 1. The first kappa shape index (κ1) is 24.0. The van der Waals surface area contributed by atoms with Gasteiger partial charge in [-0.25, -0.2) is 10.2 Å². The second-order valence-corrected chi connectivity index (χ2v) is 8.03. The first-order valence-corrected chi connectivity index (χ1v) is 10.9. The van der Waals surface area contributed by atoms with Crippen molar-refractivity contribution in [2.45, 2.75) is 12.6 Å². The first-order valence-electron chi connectivity index (χ1n) is 10.5. The average molecular weight is 499 g/mol. The monoisotopic (exact) mass is 498 g/mol. The number of aliphatic hydroxyl groups excluding tert-OH is 1. The molecular formula is C23H23ClN6O5. The van der Waals surface area contributed by atoms with Gasteiger partial charge in [0.05, 0.1) is 19.9 Å². The SMILES string of the molecule is COc1ccc(/C=N/Nc2nc3c(c(=O)[nH]c(=O)n3C)n2C[C@@H](O)COc2ccc(Cl)cc2)cc1. The van der Waals surface area contributed by atoms with Gasteiger partial charge in [-0.2, -0.15) is 10.1 Å². The molecule has 12 heteroatoms. The third-order valence-electron chi connectivity index (χ3n) is 5.15. The second-order valence-electron chi connectivity index (χ2n) is 7.60. The van der Waals surface area contributed by atoms with Crippen molar-refractivity contribution in [1.29, 1.82) is 0 Å². The molecule has 4 aromatic rings. The van der Waals surface area contributed by atoms with E-state index in [4.69, 9.17) is 21.1 Å². The summed E-state index contributed by atoms with van der Waals surface area (Å²) in [4.78, 5) is 31.3. The van der Waals surface area contributed by atoms with E-state index < -0.39 is 17.4 Å². The molecule has 2 heterocycles. The topological polar surface area (TPSA) is 136 Å². The Bertz CT molecular complexity index is 1460. The number of imidazole rings is 1. The number of fused-ring (bicyclic) bond motifs is 1.